The number of aromatic nitrogens is 2. The molecule has 2 heterocycles. The molecule has 0 N–H and O–H groups in total. The Bertz CT molecular complexity index is 974. The summed E-state index contributed by atoms with van der Waals surface area (Å²) in [6.45, 7) is 7.75. The molecule has 1 aromatic heterocycles. The van der Waals surface area contributed by atoms with Crippen LogP contribution in [0.2, 0.25) is 0 Å². The molecule has 0 bridgehead atoms. The molecule has 1 aliphatic heterocycles. The number of sulfonamides is 1. The van der Waals surface area contributed by atoms with Crippen LogP contribution in [0.1, 0.15) is 32.0 Å². The maximum absolute atomic E-state index is 12.8. The van der Waals surface area contributed by atoms with Crippen LogP contribution in [0, 0.1) is 0 Å². The third-order valence-corrected chi connectivity index (χ3v) is 7.77. The number of benzene rings is 1. The van der Waals surface area contributed by atoms with E-state index >= 15 is 0 Å². The van der Waals surface area contributed by atoms with Gasteiger partial charge < -0.3 is 9.42 Å². The molecular formula is C20H29BrClN5O4S. The van der Waals surface area contributed by atoms with E-state index in [4.69, 9.17) is 4.52 Å². The Hall–Kier alpha value is -1.53. The molecule has 1 aliphatic rings. The van der Waals surface area contributed by atoms with Crippen molar-refractivity contribution in [3.8, 4) is 0 Å². The van der Waals surface area contributed by atoms with Gasteiger partial charge in [-0.05, 0) is 38.1 Å². The Labute approximate surface area is 203 Å². The summed E-state index contributed by atoms with van der Waals surface area (Å²) in [5.74, 6) is 1.08. The zero-order chi connectivity index (χ0) is 22.4. The second-order valence-electron chi connectivity index (χ2n) is 7.30. The Morgan fingerprint density at radius 2 is 1.75 bits per heavy atom. The Balaban J connectivity index is 0.00000363. The first-order valence-corrected chi connectivity index (χ1v) is 12.6. The standard InChI is InChI=1S/C20H28BrN5O4S.ClH/c1-3-25(4-2)20(27)10-9-19-22-18(23-30-19)15-24-11-13-26(14-12-24)31(28,29)17-7-5-16(21)6-8-17;/h5-8H,3-4,9-15H2,1-2H3;1H. The molecular weight excluding hydrogens is 522 g/mol. The molecule has 32 heavy (non-hydrogen) atoms. The number of hydrogen-bond acceptors (Lipinski definition) is 7. The summed E-state index contributed by atoms with van der Waals surface area (Å²) in [6.07, 6.45) is 0.761. The molecule has 0 atom stereocenters. The van der Waals surface area contributed by atoms with Gasteiger partial charge in [-0.15, -0.1) is 12.4 Å². The summed E-state index contributed by atoms with van der Waals surface area (Å²) < 4.78 is 33.2. The molecule has 0 aliphatic carbocycles. The van der Waals surface area contributed by atoms with Crippen molar-refractivity contribution in [1.29, 1.82) is 0 Å². The zero-order valence-corrected chi connectivity index (χ0v) is 21.5. The number of rotatable bonds is 9. The number of nitrogens with zero attached hydrogens (tertiary/aromatic N) is 5. The lowest BCUT2D eigenvalue weighted by molar-refractivity contribution is -0.130. The van der Waals surface area contributed by atoms with Crippen LogP contribution in [0.25, 0.3) is 0 Å². The van der Waals surface area contributed by atoms with Crippen LogP contribution in [0.5, 0.6) is 0 Å². The molecule has 1 fully saturated rings. The van der Waals surface area contributed by atoms with E-state index in [2.05, 4.69) is 31.0 Å². The normalized spacial score (nSPS) is 15.3. The first-order valence-electron chi connectivity index (χ1n) is 10.4. The quantitative estimate of drug-likeness (QED) is 0.473. The van der Waals surface area contributed by atoms with Crippen molar-refractivity contribution < 1.29 is 17.7 Å². The number of carbonyl (C=O) groups excluding carboxylic acids is 1. The van der Waals surface area contributed by atoms with Crippen LogP contribution in [-0.4, -0.2) is 77.8 Å². The van der Waals surface area contributed by atoms with Gasteiger partial charge >= 0.3 is 0 Å². The molecule has 1 amide bonds. The zero-order valence-electron chi connectivity index (χ0n) is 18.2. The van der Waals surface area contributed by atoms with Crippen LogP contribution in [0.15, 0.2) is 38.2 Å². The fourth-order valence-corrected chi connectivity index (χ4v) is 5.17. The van der Waals surface area contributed by atoms with E-state index in [1.165, 1.54) is 4.31 Å². The summed E-state index contributed by atoms with van der Waals surface area (Å²) in [4.78, 5) is 20.7. The van der Waals surface area contributed by atoms with E-state index in [9.17, 15) is 13.2 Å². The average Bonchev–Trinajstić information content (AvgIpc) is 3.21. The van der Waals surface area contributed by atoms with Gasteiger partial charge in [0, 0.05) is 56.6 Å². The highest BCUT2D eigenvalue weighted by Crippen LogP contribution is 2.20. The van der Waals surface area contributed by atoms with Gasteiger partial charge in [-0.2, -0.15) is 9.29 Å². The van der Waals surface area contributed by atoms with Gasteiger partial charge in [0.1, 0.15) is 0 Å². The molecule has 1 saturated heterocycles. The van der Waals surface area contributed by atoms with Gasteiger partial charge in [-0.3, -0.25) is 9.69 Å². The number of amides is 1. The molecule has 0 radical (unpaired) electrons. The molecule has 0 spiro atoms. The minimum atomic E-state index is -3.50. The largest absolute Gasteiger partial charge is 0.343 e. The molecule has 0 saturated carbocycles. The van der Waals surface area contributed by atoms with Crippen LogP contribution >= 0.6 is 28.3 Å². The van der Waals surface area contributed by atoms with Crippen molar-refractivity contribution in [2.24, 2.45) is 0 Å². The maximum Gasteiger partial charge on any atom is 0.243 e. The summed E-state index contributed by atoms with van der Waals surface area (Å²) in [6, 6.07) is 6.67. The first-order chi connectivity index (χ1) is 14.8. The Morgan fingerprint density at radius 1 is 1.12 bits per heavy atom. The van der Waals surface area contributed by atoms with Crippen molar-refractivity contribution in [1.82, 2.24) is 24.2 Å². The summed E-state index contributed by atoms with van der Waals surface area (Å²) >= 11 is 3.33. The van der Waals surface area contributed by atoms with Crippen molar-refractivity contribution in [2.75, 3.05) is 39.3 Å². The van der Waals surface area contributed by atoms with E-state index in [1.54, 1.807) is 29.2 Å². The molecule has 2 aromatic rings. The van der Waals surface area contributed by atoms with E-state index < -0.39 is 10.0 Å². The number of hydrogen-bond donors (Lipinski definition) is 0. The number of carbonyl (C=O) groups is 1. The minimum absolute atomic E-state index is 0. The Kier molecular flexibility index (Phi) is 10.1. The molecule has 1 aromatic carbocycles. The van der Waals surface area contributed by atoms with Gasteiger partial charge in [0.15, 0.2) is 5.82 Å². The highest BCUT2D eigenvalue weighted by Gasteiger charge is 2.29. The monoisotopic (exact) mass is 549 g/mol. The second-order valence-corrected chi connectivity index (χ2v) is 10.2. The molecule has 3 rings (SSSR count). The molecule has 0 unspecified atom stereocenters. The third-order valence-electron chi connectivity index (χ3n) is 5.33. The third kappa shape index (κ3) is 6.74. The number of halogens is 2. The van der Waals surface area contributed by atoms with Crippen LogP contribution in [0.3, 0.4) is 0 Å². The van der Waals surface area contributed by atoms with Crippen molar-refractivity contribution in [2.45, 2.75) is 38.1 Å². The maximum atomic E-state index is 12.8. The lowest BCUT2D eigenvalue weighted by Crippen LogP contribution is -2.48. The SMILES string of the molecule is CCN(CC)C(=O)CCc1nc(CN2CCN(S(=O)(=O)c3ccc(Br)cc3)CC2)no1.Cl. The number of aryl methyl sites for hydroxylation is 1. The fourth-order valence-electron chi connectivity index (χ4n) is 3.49. The molecule has 9 nitrogen and oxygen atoms in total. The summed E-state index contributed by atoms with van der Waals surface area (Å²) in [5, 5.41) is 4.01. The highest BCUT2D eigenvalue weighted by molar-refractivity contribution is 9.10. The average molecular weight is 551 g/mol. The molecule has 178 valence electrons. The fraction of sp³-hybridized carbons (Fsp3) is 0.550. The van der Waals surface area contributed by atoms with Crippen LogP contribution in [-0.2, 0) is 27.8 Å². The minimum Gasteiger partial charge on any atom is -0.343 e. The first kappa shape index (κ1) is 26.7. The topological polar surface area (TPSA) is 99.9 Å². The lowest BCUT2D eigenvalue weighted by atomic mass is 10.2. The van der Waals surface area contributed by atoms with E-state index in [0.717, 1.165) is 4.47 Å². The van der Waals surface area contributed by atoms with Gasteiger partial charge in [0.25, 0.3) is 0 Å². The van der Waals surface area contributed by atoms with Crippen LogP contribution in [0.4, 0.5) is 0 Å². The van der Waals surface area contributed by atoms with Gasteiger partial charge in [0.2, 0.25) is 21.8 Å². The van der Waals surface area contributed by atoms with E-state index in [-0.39, 0.29) is 18.3 Å². The smallest absolute Gasteiger partial charge is 0.243 e. The summed E-state index contributed by atoms with van der Waals surface area (Å²) in [5.41, 5.74) is 0. The lowest BCUT2D eigenvalue weighted by Gasteiger charge is -2.33. The van der Waals surface area contributed by atoms with Crippen molar-refractivity contribution >= 4 is 44.3 Å². The van der Waals surface area contributed by atoms with Gasteiger partial charge in [-0.1, -0.05) is 21.1 Å². The van der Waals surface area contributed by atoms with Crippen LogP contribution < -0.4 is 0 Å². The Morgan fingerprint density at radius 3 is 2.34 bits per heavy atom. The molecule has 12 heteroatoms. The predicted molar refractivity (Wildman–Crippen MR) is 126 cm³/mol. The highest BCUT2D eigenvalue weighted by atomic mass is 79.9. The van der Waals surface area contributed by atoms with E-state index in [0.29, 0.717) is 75.3 Å². The van der Waals surface area contributed by atoms with Gasteiger partial charge in [-0.25, -0.2) is 8.42 Å². The number of piperazine rings is 1. The summed E-state index contributed by atoms with van der Waals surface area (Å²) in [7, 11) is -3.50. The van der Waals surface area contributed by atoms with Crippen molar-refractivity contribution in [3.05, 3.63) is 40.5 Å². The van der Waals surface area contributed by atoms with E-state index in [1.807, 2.05) is 13.8 Å². The van der Waals surface area contributed by atoms with Gasteiger partial charge in [0.05, 0.1) is 11.4 Å². The second kappa shape index (κ2) is 12.1. The van der Waals surface area contributed by atoms with Crippen molar-refractivity contribution in [3.63, 3.8) is 0 Å². The predicted octanol–water partition coefficient (Wildman–Crippen LogP) is 2.56.